The van der Waals surface area contributed by atoms with Gasteiger partial charge in [0, 0.05) is 10.6 Å². The van der Waals surface area contributed by atoms with E-state index in [9.17, 15) is 9.59 Å². The Morgan fingerprint density at radius 3 is 2.83 bits per heavy atom. The molecular weight excluding hydrogens is 252 g/mol. The van der Waals surface area contributed by atoms with Crippen molar-refractivity contribution in [2.45, 2.75) is 18.7 Å². The number of rotatable bonds is 4. The van der Waals surface area contributed by atoms with Crippen molar-refractivity contribution in [3.8, 4) is 0 Å². The number of amides is 2. The number of benzene rings is 1. The minimum atomic E-state index is -0.715. The fraction of sp³-hybridized carbons (Fsp3) is 0.333. The van der Waals surface area contributed by atoms with Crippen LogP contribution < -0.4 is 11.1 Å². The monoisotopic (exact) mass is 268 g/mol. The molecule has 0 saturated heterocycles. The molecule has 1 rings (SSSR count). The van der Waals surface area contributed by atoms with E-state index in [1.165, 1.54) is 11.8 Å². The van der Waals surface area contributed by atoms with E-state index in [-0.39, 0.29) is 18.3 Å². The van der Waals surface area contributed by atoms with Crippen LogP contribution in [0, 0.1) is 6.92 Å². The van der Waals surface area contributed by atoms with Crippen molar-refractivity contribution in [1.29, 1.82) is 0 Å². The molecule has 0 aliphatic rings. The molecular formula is C12H16N2O3S. The normalized spacial score (nSPS) is 9.89. The summed E-state index contributed by atoms with van der Waals surface area (Å²) < 4.78 is 4.61. The van der Waals surface area contributed by atoms with Gasteiger partial charge in [-0.15, -0.1) is 11.8 Å². The molecule has 5 nitrogen and oxygen atoms in total. The minimum absolute atomic E-state index is 0.142. The third-order valence-corrected chi connectivity index (χ3v) is 3.36. The molecule has 0 aliphatic heterocycles. The molecule has 6 heteroatoms. The van der Waals surface area contributed by atoms with Crippen LogP contribution in [0.2, 0.25) is 0 Å². The summed E-state index contributed by atoms with van der Waals surface area (Å²) in [6.45, 7) is 3.80. The lowest BCUT2D eigenvalue weighted by Crippen LogP contribution is -2.32. The van der Waals surface area contributed by atoms with Crippen molar-refractivity contribution < 1.29 is 14.3 Å². The zero-order valence-electron chi connectivity index (χ0n) is 10.4. The molecule has 0 aromatic heterocycles. The van der Waals surface area contributed by atoms with E-state index in [1.54, 1.807) is 13.0 Å². The van der Waals surface area contributed by atoms with Gasteiger partial charge in [-0.05, 0) is 31.5 Å². The molecule has 1 aromatic carbocycles. The van der Waals surface area contributed by atoms with E-state index in [1.807, 2.05) is 19.1 Å². The quantitative estimate of drug-likeness (QED) is 0.644. The van der Waals surface area contributed by atoms with E-state index in [0.29, 0.717) is 5.69 Å². The molecule has 0 radical (unpaired) electrons. The Bertz CT molecular complexity index is 449. The van der Waals surface area contributed by atoms with Crippen molar-refractivity contribution in [3.05, 3.63) is 23.8 Å². The number of hydrogen-bond acceptors (Lipinski definition) is 5. The molecule has 0 fully saturated rings. The summed E-state index contributed by atoms with van der Waals surface area (Å²) in [5.74, 6) is -0.247. The molecule has 0 heterocycles. The summed E-state index contributed by atoms with van der Waals surface area (Å²) >= 11 is 1.33. The topological polar surface area (TPSA) is 81.4 Å². The summed E-state index contributed by atoms with van der Waals surface area (Å²) in [6, 6.07) is 5.51. The molecule has 0 saturated carbocycles. The van der Waals surface area contributed by atoms with Gasteiger partial charge in [0.25, 0.3) is 0 Å². The predicted molar refractivity (Wildman–Crippen MR) is 71.5 cm³/mol. The van der Waals surface area contributed by atoms with E-state index >= 15 is 0 Å². The molecule has 0 unspecified atom stereocenters. The number of nitrogen functional groups attached to an aromatic ring is 1. The standard InChI is InChI=1S/C12H16N2O3S/c1-3-17-12(16)14-11(15)7-18-10-6-4-5-9(13)8(10)2/h4-6H,3,7,13H2,1-2H3,(H,14,15,16). The summed E-state index contributed by atoms with van der Waals surface area (Å²) in [6.07, 6.45) is -0.715. The second-order valence-corrected chi connectivity index (χ2v) is 4.54. The zero-order chi connectivity index (χ0) is 13.5. The highest BCUT2D eigenvalue weighted by molar-refractivity contribution is 8.00. The molecule has 98 valence electrons. The van der Waals surface area contributed by atoms with Crippen LogP contribution in [0.3, 0.4) is 0 Å². The first kappa shape index (κ1) is 14.4. The van der Waals surface area contributed by atoms with Crippen molar-refractivity contribution in [2.24, 2.45) is 0 Å². The van der Waals surface area contributed by atoms with Crippen LogP contribution >= 0.6 is 11.8 Å². The fourth-order valence-corrected chi connectivity index (χ4v) is 2.12. The Kier molecular flexibility index (Phi) is 5.51. The van der Waals surface area contributed by atoms with Gasteiger partial charge in [-0.25, -0.2) is 4.79 Å². The molecule has 0 atom stereocenters. The van der Waals surface area contributed by atoms with Crippen molar-refractivity contribution in [1.82, 2.24) is 5.32 Å². The van der Waals surface area contributed by atoms with E-state index < -0.39 is 6.09 Å². The molecule has 0 bridgehead atoms. The number of carbonyl (C=O) groups excluding carboxylic acids is 2. The third-order valence-electron chi connectivity index (χ3n) is 2.20. The number of imide groups is 1. The smallest absolute Gasteiger partial charge is 0.413 e. The van der Waals surface area contributed by atoms with Crippen LogP contribution in [0.4, 0.5) is 10.5 Å². The maximum absolute atomic E-state index is 11.4. The highest BCUT2D eigenvalue weighted by atomic mass is 32.2. The fourth-order valence-electron chi connectivity index (χ4n) is 1.25. The first-order chi connectivity index (χ1) is 8.54. The maximum atomic E-state index is 11.4. The van der Waals surface area contributed by atoms with Crippen LogP contribution in [0.1, 0.15) is 12.5 Å². The number of alkyl carbamates (subject to hydrolysis) is 1. The first-order valence-corrected chi connectivity index (χ1v) is 6.47. The largest absolute Gasteiger partial charge is 0.450 e. The Labute approximate surface area is 110 Å². The number of anilines is 1. The van der Waals surface area contributed by atoms with Gasteiger partial charge in [0.15, 0.2) is 0 Å². The molecule has 3 N–H and O–H groups in total. The van der Waals surface area contributed by atoms with Gasteiger partial charge in [-0.2, -0.15) is 0 Å². The van der Waals surface area contributed by atoms with Gasteiger partial charge in [-0.3, -0.25) is 10.1 Å². The van der Waals surface area contributed by atoms with Gasteiger partial charge in [-0.1, -0.05) is 6.07 Å². The molecule has 0 aliphatic carbocycles. The predicted octanol–water partition coefficient (Wildman–Crippen LogP) is 1.94. The Morgan fingerprint density at radius 1 is 1.44 bits per heavy atom. The lowest BCUT2D eigenvalue weighted by molar-refractivity contribution is -0.117. The van der Waals surface area contributed by atoms with Crippen LogP contribution in [0.15, 0.2) is 23.1 Å². The molecule has 18 heavy (non-hydrogen) atoms. The SMILES string of the molecule is CCOC(=O)NC(=O)CSc1cccc(N)c1C. The van der Waals surface area contributed by atoms with Gasteiger partial charge in [0.05, 0.1) is 12.4 Å². The summed E-state index contributed by atoms with van der Waals surface area (Å²) in [7, 11) is 0. The number of nitrogens with one attached hydrogen (secondary N) is 1. The second kappa shape index (κ2) is 6.90. The number of carbonyl (C=O) groups is 2. The lowest BCUT2D eigenvalue weighted by Gasteiger charge is -2.07. The average Bonchev–Trinajstić information content (AvgIpc) is 2.31. The molecule has 1 aromatic rings. The van der Waals surface area contributed by atoms with E-state index in [0.717, 1.165) is 10.5 Å². The second-order valence-electron chi connectivity index (χ2n) is 3.53. The Balaban J connectivity index is 2.48. The summed E-state index contributed by atoms with van der Waals surface area (Å²) in [5, 5.41) is 2.13. The highest BCUT2D eigenvalue weighted by Crippen LogP contribution is 2.25. The van der Waals surface area contributed by atoms with Crippen molar-refractivity contribution >= 4 is 29.4 Å². The zero-order valence-corrected chi connectivity index (χ0v) is 11.2. The number of thioether (sulfide) groups is 1. The Hall–Kier alpha value is -1.69. The van der Waals surface area contributed by atoms with Crippen LogP contribution in [0.5, 0.6) is 0 Å². The minimum Gasteiger partial charge on any atom is -0.450 e. The molecule has 0 spiro atoms. The molecule has 2 amide bonds. The lowest BCUT2D eigenvalue weighted by atomic mass is 10.2. The average molecular weight is 268 g/mol. The van der Waals surface area contributed by atoms with Gasteiger partial charge < -0.3 is 10.5 Å². The summed E-state index contributed by atoms with van der Waals surface area (Å²) in [5.41, 5.74) is 7.38. The summed E-state index contributed by atoms with van der Waals surface area (Å²) in [4.78, 5) is 23.4. The Morgan fingerprint density at radius 2 is 2.17 bits per heavy atom. The first-order valence-electron chi connectivity index (χ1n) is 5.49. The van der Waals surface area contributed by atoms with Crippen LogP contribution in [0.25, 0.3) is 0 Å². The van der Waals surface area contributed by atoms with Gasteiger partial charge >= 0.3 is 6.09 Å². The van der Waals surface area contributed by atoms with E-state index in [2.05, 4.69) is 10.1 Å². The van der Waals surface area contributed by atoms with E-state index in [4.69, 9.17) is 5.73 Å². The van der Waals surface area contributed by atoms with Crippen molar-refractivity contribution in [3.63, 3.8) is 0 Å². The van der Waals surface area contributed by atoms with Crippen LogP contribution in [-0.2, 0) is 9.53 Å². The maximum Gasteiger partial charge on any atom is 0.413 e. The van der Waals surface area contributed by atoms with Gasteiger partial charge in [0.1, 0.15) is 0 Å². The highest BCUT2D eigenvalue weighted by Gasteiger charge is 2.10. The number of ether oxygens (including phenoxy) is 1. The van der Waals surface area contributed by atoms with Crippen LogP contribution in [-0.4, -0.2) is 24.4 Å². The number of hydrogen-bond donors (Lipinski definition) is 2. The van der Waals surface area contributed by atoms with Gasteiger partial charge in [0.2, 0.25) is 5.91 Å². The number of nitrogens with two attached hydrogens (primary N) is 1. The third kappa shape index (κ3) is 4.29. The van der Waals surface area contributed by atoms with Crippen molar-refractivity contribution in [2.75, 3.05) is 18.1 Å².